The zero-order valence-electron chi connectivity index (χ0n) is 11.3. The van der Waals surface area contributed by atoms with E-state index < -0.39 is 6.10 Å². The molecule has 0 saturated heterocycles. The maximum absolute atomic E-state index is 9.85. The van der Waals surface area contributed by atoms with Gasteiger partial charge in [-0.1, -0.05) is 32.0 Å². The second kappa shape index (κ2) is 5.81. The molecule has 0 aliphatic carbocycles. The predicted octanol–water partition coefficient (Wildman–Crippen LogP) is 3.15. The summed E-state index contributed by atoms with van der Waals surface area (Å²) in [6.45, 7) is 4.05. The average molecular weight is 254 g/mol. The third kappa shape index (κ3) is 2.74. The minimum atomic E-state index is -0.452. The molecule has 0 spiro atoms. The molecule has 0 bridgehead atoms. The van der Waals surface area contributed by atoms with Crippen LogP contribution in [-0.4, -0.2) is 16.9 Å². The van der Waals surface area contributed by atoms with Gasteiger partial charge in [0.15, 0.2) is 0 Å². The highest BCUT2D eigenvalue weighted by molar-refractivity contribution is 5.93. The smallest absolute Gasteiger partial charge is 0.0998 e. The molecule has 1 aromatic rings. The van der Waals surface area contributed by atoms with E-state index in [1.165, 1.54) is 0 Å². The standard InChI is InChI=1S/C16H18N2O/c1-3-16(19)15-8-11(2)14(10-18-15)13-7-5-4-6-12(13)9-17/h4-7,10-11,16,19H,3,8H2,1-2H3. The normalized spacial score (nSPS) is 20.2. The third-order valence-electron chi connectivity index (χ3n) is 3.55. The van der Waals surface area contributed by atoms with Crippen molar-refractivity contribution in [2.45, 2.75) is 32.8 Å². The fourth-order valence-corrected chi connectivity index (χ4v) is 2.38. The van der Waals surface area contributed by atoms with Crippen LogP contribution in [0.15, 0.2) is 35.5 Å². The van der Waals surface area contributed by atoms with Crippen LogP contribution in [0, 0.1) is 17.2 Å². The maximum atomic E-state index is 9.85. The second-order valence-electron chi connectivity index (χ2n) is 4.89. The van der Waals surface area contributed by atoms with Gasteiger partial charge in [-0.15, -0.1) is 0 Å². The van der Waals surface area contributed by atoms with Gasteiger partial charge in [-0.2, -0.15) is 5.26 Å². The zero-order chi connectivity index (χ0) is 13.8. The van der Waals surface area contributed by atoms with E-state index in [0.717, 1.165) is 23.3 Å². The Labute approximate surface area is 113 Å². The molecule has 3 nitrogen and oxygen atoms in total. The van der Waals surface area contributed by atoms with Crippen molar-refractivity contribution in [1.29, 1.82) is 5.26 Å². The molecule has 0 radical (unpaired) electrons. The first-order chi connectivity index (χ1) is 9.17. The summed E-state index contributed by atoms with van der Waals surface area (Å²) in [4.78, 5) is 4.38. The summed E-state index contributed by atoms with van der Waals surface area (Å²) < 4.78 is 0. The second-order valence-corrected chi connectivity index (χ2v) is 4.89. The molecule has 0 fully saturated rings. The first-order valence-electron chi connectivity index (χ1n) is 6.61. The lowest BCUT2D eigenvalue weighted by molar-refractivity contribution is 0.233. The largest absolute Gasteiger partial charge is 0.387 e. The Kier molecular flexibility index (Phi) is 4.13. The Balaban J connectivity index is 2.38. The predicted molar refractivity (Wildman–Crippen MR) is 76.6 cm³/mol. The summed E-state index contributed by atoms with van der Waals surface area (Å²) in [6.07, 6.45) is 2.79. The summed E-state index contributed by atoms with van der Waals surface area (Å²) in [5, 5.41) is 19.0. The SMILES string of the molecule is CCC(O)C1=NC=C(c2ccccc2C#N)C(C)C1. The summed E-state index contributed by atoms with van der Waals surface area (Å²) in [5.74, 6) is 0.267. The van der Waals surface area contributed by atoms with Gasteiger partial charge < -0.3 is 5.11 Å². The van der Waals surface area contributed by atoms with Crippen LogP contribution in [0.2, 0.25) is 0 Å². The summed E-state index contributed by atoms with van der Waals surface area (Å²) in [7, 11) is 0. The highest BCUT2D eigenvalue weighted by Gasteiger charge is 2.22. The quantitative estimate of drug-likeness (QED) is 0.900. The lowest BCUT2D eigenvalue weighted by Gasteiger charge is -2.23. The molecule has 1 aliphatic rings. The topological polar surface area (TPSA) is 56.4 Å². The van der Waals surface area contributed by atoms with Gasteiger partial charge in [-0.05, 0) is 36.0 Å². The summed E-state index contributed by atoms with van der Waals surface area (Å²) >= 11 is 0. The molecule has 19 heavy (non-hydrogen) atoms. The molecular weight excluding hydrogens is 236 g/mol. The van der Waals surface area contributed by atoms with E-state index in [1.807, 2.05) is 31.2 Å². The molecule has 0 amide bonds. The first-order valence-corrected chi connectivity index (χ1v) is 6.61. The van der Waals surface area contributed by atoms with Crippen LogP contribution >= 0.6 is 0 Å². The van der Waals surface area contributed by atoms with E-state index in [-0.39, 0.29) is 5.92 Å². The Morgan fingerprint density at radius 2 is 2.21 bits per heavy atom. The summed E-state index contributed by atoms with van der Waals surface area (Å²) in [5.41, 5.74) is 3.54. The number of aliphatic hydroxyl groups is 1. The number of rotatable bonds is 3. The van der Waals surface area contributed by atoms with Crippen molar-refractivity contribution in [1.82, 2.24) is 0 Å². The van der Waals surface area contributed by atoms with Crippen LogP contribution in [0.4, 0.5) is 0 Å². The monoisotopic (exact) mass is 254 g/mol. The van der Waals surface area contributed by atoms with Crippen molar-refractivity contribution in [2.24, 2.45) is 10.9 Å². The number of aliphatic imine (C=N–C) groups is 1. The van der Waals surface area contributed by atoms with Crippen LogP contribution in [0.5, 0.6) is 0 Å². The van der Waals surface area contributed by atoms with Crippen molar-refractivity contribution < 1.29 is 5.11 Å². The lowest BCUT2D eigenvalue weighted by atomic mass is 9.85. The highest BCUT2D eigenvalue weighted by atomic mass is 16.3. The van der Waals surface area contributed by atoms with Gasteiger partial charge in [-0.25, -0.2) is 0 Å². The van der Waals surface area contributed by atoms with Crippen molar-refractivity contribution in [3.63, 3.8) is 0 Å². The number of hydrogen-bond donors (Lipinski definition) is 1. The van der Waals surface area contributed by atoms with E-state index in [9.17, 15) is 5.11 Å². The van der Waals surface area contributed by atoms with Crippen molar-refractivity contribution in [3.8, 4) is 6.07 Å². The Morgan fingerprint density at radius 1 is 1.47 bits per heavy atom. The molecular formula is C16H18N2O. The minimum Gasteiger partial charge on any atom is -0.387 e. The molecule has 98 valence electrons. The minimum absolute atomic E-state index is 0.267. The maximum Gasteiger partial charge on any atom is 0.0998 e. The molecule has 2 atom stereocenters. The molecule has 0 saturated carbocycles. The first kappa shape index (κ1) is 13.5. The summed E-state index contributed by atoms with van der Waals surface area (Å²) in [6, 6.07) is 9.80. The van der Waals surface area contributed by atoms with Gasteiger partial charge in [0.25, 0.3) is 0 Å². The van der Waals surface area contributed by atoms with Gasteiger partial charge in [0.05, 0.1) is 17.7 Å². The number of nitriles is 1. The fourth-order valence-electron chi connectivity index (χ4n) is 2.38. The number of hydrogen-bond acceptors (Lipinski definition) is 3. The molecule has 2 rings (SSSR count). The van der Waals surface area contributed by atoms with Gasteiger partial charge in [-0.3, -0.25) is 4.99 Å². The van der Waals surface area contributed by atoms with Crippen molar-refractivity contribution in [2.75, 3.05) is 0 Å². The van der Waals surface area contributed by atoms with Crippen LogP contribution in [0.25, 0.3) is 5.57 Å². The van der Waals surface area contributed by atoms with Gasteiger partial charge in [0.2, 0.25) is 0 Å². The van der Waals surface area contributed by atoms with Crippen LogP contribution in [0.1, 0.15) is 37.8 Å². The number of benzene rings is 1. The number of nitrogens with zero attached hydrogens (tertiary/aromatic N) is 2. The van der Waals surface area contributed by atoms with E-state index >= 15 is 0 Å². The Morgan fingerprint density at radius 3 is 2.84 bits per heavy atom. The number of allylic oxidation sites excluding steroid dienone is 1. The molecule has 0 aromatic heterocycles. The Hall–Kier alpha value is -1.92. The fraction of sp³-hybridized carbons (Fsp3) is 0.375. The highest BCUT2D eigenvalue weighted by Crippen LogP contribution is 2.32. The Bertz CT molecular complexity index is 566. The van der Waals surface area contributed by atoms with Gasteiger partial charge in [0, 0.05) is 11.9 Å². The molecule has 1 heterocycles. The molecule has 1 N–H and O–H groups in total. The molecule has 1 aliphatic heterocycles. The zero-order valence-corrected chi connectivity index (χ0v) is 11.3. The van der Waals surface area contributed by atoms with E-state index in [0.29, 0.717) is 12.0 Å². The van der Waals surface area contributed by atoms with Gasteiger partial charge in [0.1, 0.15) is 0 Å². The van der Waals surface area contributed by atoms with E-state index in [4.69, 9.17) is 5.26 Å². The number of aliphatic hydroxyl groups excluding tert-OH is 1. The lowest BCUT2D eigenvalue weighted by Crippen LogP contribution is -2.24. The molecule has 2 unspecified atom stereocenters. The van der Waals surface area contributed by atoms with Gasteiger partial charge >= 0.3 is 0 Å². The van der Waals surface area contributed by atoms with Crippen molar-refractivity contribution >= 4 is 11.3 Å². The van der Waals surface area contributed by atoms with E-state index in [1.54, 1.807) is 6.20 Å². The molecule has 3 heteroatoms. The average Bonchev–Trinajstić information content (AvgIpc) is 2.46. The van der Waals surface area contributed by atoms with Crippen LogP contribution in [-0.2, 0) is 0 Å². The molecule has 1 aromatic carbocycles. The van der Waals surface area contributed by atoms with E-state index in [2.05, 4.69) is 18.0 Å². The third-order valence-corrected chi connectivity index (χ3v) is 3.55. The van der Waals surface area contributed by atoms with Crippen LogP contribution in [0.3, 0.4) is 0 Å². The van der Waals surface area contributed by atoms with Crippen LogP contribution < -0.4 is 0 Å². The van der Waals surface area contributed by atoms with Crippen molar-refractivity contribution in [3.05, 3.63) is 41.6 Å².